The zero-order chi connectivity index (χ0) is 19.1. The largest absolute Gasteiger partial charge is 0.333 e. The molecule has 2 fully saturated rings. The second kappa shape index (κ2) is 6.75. The van der Waals surface area contributed by atoms with Crippen molar-refractivity contribution in [3.63, 3.8) is 0 Å². The van der Waals surface area contributed by atoms with Crippen molar-refractivity contribution in [1.82, 2.24) is 9.96 Å². The first-order valence-electron chi connectivity index (χ1n) is 9.28. The predicted molar refractivity (Wildman–Crippen MR) is 90.0 cm³/mol. The minimum absolute atomic E-state index is 0.0671. The number of fused-ring (bicyclic) bond motifs is 5. The summed E-state index contributed by atoms with van der Waals surface area (Å²) in [5, 5.41) is 0.664. The molecule has 0 spiro atoms. The summed E-state index contributed by atoms with van der Waals surface area (Å²) in [5.74, 6) is -2.70. The van der Waals surface area contributed by atoms with Crippen molar-refractivity contribution >= 4 is 29.6 Å². The third-order valence-electron chi connectivity index (χ3n) is 5.79. The molecule has 2 aliphatic heterocycles. The van der Waals surface area contributed by atoms with E-state index in [9.17, 15) is 24.0 Å². The number of amides is 4. The third-order valence-corrected chi connectivity index (χ3v) is 5.79. The summed E-state index contributed by atoms with van der Waals surface area (Å²) < 4.78 is 0. The van der Waals surface area contributed by atoms with Crippen molar-refractivity contribution in [1.29, 1.82) is 0 Å². The molecule has 0 N–H and O–H groups in total. The first kappa shape index (κ1) is 17.6. The van der Waals surface area contributed by atoms with Gasteiger partial charge in [-0.05, 0) is 31.1 Å². The summed E-state index contributed by atoms with van der Waals surface area (Å²) in [4.78, 5) is 65.9. The van der Waals surface area contributed by atoms with E-state index >= 15 is 0 Å². The molecule has 0 radical (unpaired) electrons. The molecule has 1 saturated carbocycles. The Morgan fingerprint density at radius 3 is 2.11 bits per heavy atom. The molecule has 27 heavy (non-hydrogen) atoms. The number of rotatable bonds is 7. The minimum atomic E-state index is -0.619. The zero-order valence-corrected chi connectivity index (χ0v) is 14.7. The Balaban J connectivity index is 1.19. The average molecular weight is 372 g/mol. The van der Waals surface area contributed by atoms with E-state index in [0.717, 1.165) is 11.3 Å². The number of unbranched alkanes of at least 4 members (excludes halogenated alkanes) is 2. The lowest BCUT2D eigenvalue weighted by Crippen LogP contribution is -2.35. The molecule has 8 heteroatoms. The normalized spacial score (nSPS) is 30.8. The molecule has 4 atom stereocenters. The lowest BCUT2D eigenvalue weighted by Gasteiger charge is -2.16. The van der Waals surface area contributed by atoms with Crippen LogP contribution in [0, 0.1) is 23.7 Å². The van der Waals surface area contributed by atoms with Crippen LogP contribution in [0.2, 0.25) is 0 Å². The number of hydrogen-bond donors (Lipinski definition) is 0. The number of imide groups is 2. The van der Waals surface area contributed by atoms with Crippen molar-refractivity contribution in [2.45, 2.75) is 32.1 Å². The highest BCUT2D eigenvalue weighted by Gasteiger charge is 2.60. The van der Waals surface area contributed by atoms with Gasteiger partial charge in [-0.2, -0.15) is 0 Å². The molecule has 4 amide bonds. The van der Waals surface area contributed by atoms with Crippen LogP contribution in [0.15, 0.2) is 24.3 Å². The Kier molecular flexibility index (Phi) is 4.41. The van der Waals surface area contributed by atoms with Gasteiger partial charge < -0.3 is 4.84 Å². The van der Waals surface area contributed by atoms with Crippen LogP contribution in [-0.2, 0) is 28.8 Å². The smallest absolute Gasteiger partial charge is 0.330 e. The highest BCUT2D eigenvalue weighted by molar-refractivity contribution is 6.12. The summed E-state index contributed by atoms with van der Waals surface area (Å²) in [6.45, 7) is 0.307. The van der Waals surface area contributed by atoms with Crippen LogP contribution in [-0.4, -0.2) is 46.1 Å². The van der Waals surface area contributed by atoms with Crippen LogP contribution in [0.5, 0.6) is 0 Å². The van der Waals surface area contributed by atoms with Crippen LogP contribution >= 0.6 is 0 Å². The number of hydrogen-bond acceptors (Lipinski definition) is 6. The molecular formula is C19H20N2O6. The molecule has 2 bridgehead atoms. The molecule has 4 aliphatic rings. The lowest BCUT2D eigenvalue weighted by atomic mass is 9.85. The van der Waals surface area contributed by atoms with Crippen molar-refractivity contribution in [3.8, 4) is 0 Å². The molecule has 2 aliphatic carbocycles. The molecule has 8 nitrogen and oxygen atoms in total. The van der Waals surface area contributed by atoms with Crippen LogP contribution in [0.3, 0.4) is 0 Å². The quantitative estimate of drug-likeness (QED) is 0.371. The molecule has 4 rings (SSSR count). The Bertz CT molecular complexity index is 737. The number of allylic oxidation sites excluding steroid dienone is 2. The van der Waals surface area contributed by atoms with Crippen molar-refractivity contribution in [2.24, 2.45) is 23.7 Å². The first-order chi connectivity index (χ1) is 13.0. The number of hydroxylamine groups is 2. The highest BCUT2D eigenvalue weighted by Crippen LogP contribution is 2.52. The van der Waals surface area contributed by atoms with Gasteiger partial charge >= 0.3 is 5.97 Å². The van der Waals surface area contributed by atoms with Crippen LogP contribution in [0.25, 0.3) is 0 Å². The molecule has 0 aromatic carbocycles. The minimum Gasteiger partial charge on any atom is -0.330 e. The van der Waals surface area contributed by atoms with Gasteiger partial charge in [0.1, 0.15) is 0 Å². The topological polar surface area (TPSA) is 101 Å². The molecule has 4 unspecified atom stereocenters. The number of nitrogens with zero attached hydrogens (tertiary/aromatic N) is 2. The predicted octanol–water partition coefficient (Wildman–Crippen LogP) is 0.737. The maximum absolute atomic E-state index is 12.4. The molecule has 142 valence electrons. The Labute approximate surface area is 155 Å². The summed E-state index contributed by atoms with van der Waals surface area (Å²) in [7, 11) is 0. The van der Waals surface area contributed by atoms with E-state index in [1.807, 2.05) is 12.2 Å². The van der Waals surface area contributed by atoms with E-state index in [1.54, 1.807) is 0 Å². The summed E-state index contributed by atoms with van der Waals surface area (Å²) in [5.41, 5.74) is 0. The lowest BCUT2D eigenvalue weighted by molar-refractivity contribution is -0.199. The van der Waals surface area contributed by atoms with Gasteiger partial charge in [0.25, 0.3) is 23.6 Å². The fourth-order valence-corrected chi connectivity index (χ4v) is 4.48. The first-order valence-corrected chi connectivity index (χ1v) is 9.28. The van der Waals surface area contributed by atoms with E-state index in [1.165, 1.54) is 12.2 Å². The van der Waals surface area contributed by atoms with Crippen LogP contribution < -0.4 is 0 Å². The monoisotopic (exact) mass is 372 g/mol. The Hall–Kier alpha value is -2.77. The Morgan fingerprint density at radius 2 is 1.52 bits per heavy atom. The molecule has 0 aromatic rings. The maximum Gasteiger partial charge on any atom is 0.333 e. The van der Waals surface area contributed by atoms with Gasteiger partial charge in [0.05, 0.1) is 11.8 Å². The second-order valence-electron chi connectivity index (χ2n) is 7.41. The van der Waals surface area contributed by atoms with Gasteiger partial charge in [-0.25, -0.2) is 4.79 Å². The number of carbonyl (C=O) groups is 5. The van der Waals surface area contributed by atoms with E-state index in [-0.39, 0.29) is 41.9 Å². The van der Waals surface area contributed by atoms with Gasteiger partial charge in [0, 0.05) is 25.1 Å². The standard InChI is InChI=1S/C19H20N2O6/c22-13-7-8-14(23)20(13)9-3-1-2-4-15(24)27-21-18(25)16-11-5-6-12(10-11)17(16)19(21)26/h5-8,11-12,16-17H,1-4,9-10H2. The molecule has 2 heterocycles. The molecule has 1 saturated heterocycles. The summed E-state index contributed by atoms with van der Waals surface area (Å²) in [6, 6.07) is 0. The third kappa shape index (κ3) is 2.98. The van der Waals surface area contributed by atoms with Crippen molar-refractivity contribution in [2.75, 3.05) is 6.54 Å². The SMILES string of the molecule is O=C(CCCCCN1C(=O)C=CC1=O)ON1C(=O)C2C3C=CC(C3)C2C1=O. The summed E-state index contributed by atoms with van der Waals surface area (Å²) in [6.07, 6.45) is 9.01. The van der Waals surface area contributed by atoms with Gasteiger partial charge in [-0.3, -0.25) is 24.1 Å². The molecular weight excluding hydrogens is 352 g/mol. The van der Waals surface area contributed by atoms with Gasteiger partial charge in [-0.15, -0.1) is 5.06 Å². The summed E-state index contributed by atoms with van der Waals surface area (Å²) >= 11 is 0. The molecule has 0 aromatic heterocycles. The number of carbonyl (C=O) groups excluding carboxylic acids is 5. The second-order valence-corrected chi connectivity index (χ2v) is 7.41. The van der Waals surface area contributed by atoms with Gasteiger partial charge in [0.15, 0.2) is 0 Å². The van der Waals surface area contributed by atoms with Crippen LogP contribution in [0.1, 0.15) is 32.1 Å². The van der Waals surface area contributed by atoms with Gasteiger partial charge in [-0.1, -0.05) is 18.6 Å². The Morgan fingerprint density at radius 1 is 0.926 bits per heavy atom. The van der Waals surface area contributed by atoms with Crippen molar-refractivity contribution < 1.29 is 28.8 Å². The fraction of sp³-hybridized carbons (Fsp3) is 0.526. The van der Waals surface area contributed by atoms with E-state index < -0.39 is 17.8 Å². The van der Waals surface area contributed by atoms with E-state index in [0.29, 0.717) is 30.9 Å². The van der Waals surface area contributed by atoms with Crippen molar-refractivity contribution in [3.05, 3.63) is 24.3 Å². The average Bonchev–Trinajstić information content (AvgIpc) is 3.38. The maximum atomic E-state index is 12.4. The van der Waals surface area contributed by atoms with Gasteiger partial charge in [0.2, 0.25) is 0 Å². The highest BCUT2D eigenvalue weighted by atomic mass is 16.7. The van der Waals surface area contributed by atoms with E-state index in [4.69, 9.17) is 4.84 Å². The van der Waals surface area contributed by atoms with E-state index in [2.05, 4.69) is 0 Å². The fourth-order valence-electron chi connectivity index (χ4n) is 4.48. The zero-order valence-electron chi connectivity index (χ0n) is 14.7. The van der Waals surface area contributed by atoms with Crippen LogP contribution in [0.4, 0.5) is 0 Å².